The van der Waals surface area contributed by atoms with Gasteiger partial charge in [-0.15, -0.1) is 0 Å². The number of aryl methyl sites for hydroxylation is 1. The SMILES string of the molecule is COc1ccc2c(c1C1CCN(CCCCNC(=O)c3ccc(NC(=O)c4ccc(Cl)cc4)cc3)CC1)CCCC2. The van der Waals surface area contributed by atoms with Crippen LogP contribution in [-0.4, -0.2) is 50.0 Å². The van der Waals surface area contributed by atoms with Gasteiger partial charge in [0, 0.05) is 33.9 Å². The normalized spacial score (nSPS) is 15.7. The lowest BCUT2D eigenvalue weighted by Crippen LogP contribution is -2.34. The van der Waals surface area contributed by atoms with Crippen LogP contribution in [0.5, 0.6) is 5.75 Å². The highest BCUT2D eigenvalue weighted by Crippen LogP contribution is 2.40. The predicted molar refractivity (Wildman–Crippen MR) is 165 cm³/mol. The summed E-state index contributed by atoms with van der Waals surface area (Å²) in [5.41, 5.74) is 6.33. The van der Waals surface area contributed by atoms with Gasteiger partial charge in [-0.05, 0) is 143 Å². The van der Waals surface area contributed by atoms with E-state index in [2.05, 4.69) is 27.7 Å². The Kier molecular flexibility index (Phi) is 9.97. The molecule has 1 fully saturated rings. The fourth-order valence-electron chi connectivity index (χ4n) is 6.18. The molecule has 1 aliphatic carbocycles. The smallest absolute Gasteiger partial charge is 0.255 e. The van der Waals surface area contributed by atoms with E-state index in [1.807, 2.05) is 0 Å². The van der Waals surface area contributed by atoms with Crippen molar-refractivity contribution in [3.05, 3.63) is 93.5 Å². The lowest BCUT2D eigenvalue weighted by molar-refractivity contribution is 0.0951. The number of piperidine rings is 1. The summed E-state index contributed by atoms with van der Waals surface area (Å²) in [6, 6.07) is 18.1. The van der Waals surface area contributed by atoms with Crippen molar-refractivity contribution in [2.75, 3.05) is 38.6 Å². The van der Waals surface area contributed by atoms with Gasteiger partial charge >= 0.3 is 0 Å². The molecule has 2 N–H and O–H groups in total. The first-order valence-electron chi connectivity index (χ1n) is 14.9. The minimum atomic E-state index is -0.221. The standard InChI is InChI=1S/C34H40ClN3O3/c1-41-31-17-12-24-6-2-3-7-30(24)32(31)25-18-22-38(23-19-25)21-5-4-20-36-33(39)26-10-15-29(16-11-26)37-34(40)27-8-13-28(35)14-9-27/h8-17,25H,2-7,18-23H2,1H3,(H,36,39)(H,37,40). The summed E-state index contributed by atoms with van der Waals surface area (Å²) >= 11 is 5.89. The topological polar surface area (TPSA) is 70.7 Å². The first kappa shape index (κ1) is 29.2. The number of halogens is 1. The second-order valence-corrected chi connectivity index (χ2v) is 11.6. The van der Waals surface area contributed by atoms with Crippen LogP contribution in [-0.2, 0) is 12.8 Å². The molecule has 41 heavy (non-hydrogen) atoms. The Morgan fingerprint density at radius 3 is 2.29 bits per heavy atom. The molecule has 5 rings (SSSR count). The number of nitrogens with zero attached hydrogens (tertiary/aromatic N) is 1. The minimum absolute atomic E-state index is 0.0958. The molecule has 7 heteroatoms. The number of nitrogens with one attached hydrogen (secondary N) is 2. The molecule has 0 bridgehead atoms. The lowest BCUT2D eigenvalue weighted by atomic mass is 9.79. The van der Waals surface area contributed by atoms with Crippen LogP contribution < -0.4 is 15.4 Å². The number of hydrogen-bond acceptors (Lipinski definition) is 4. The van der Waals surface area contributed by atoms with Crippen LogP contribution in [0, 0.1) is 0 Å². The molecule has 0 saturated carbocycles. The van der Waals surface area contributed by atoms with Gasteiger partial charge in [0.2, 0.25) is 0 Å². The molecule has 2 amide bonds. The number of anilines is 1. The van der Waals surface area contributed by atoms with E-state index < -0.39 is 0 Å². The fourth-order valence-corrected chi connectivity index (χ4v) is 6.31. The van der Waals surface area contributed by atoms with E-state index in [9.17, 15) is 9.59 Å². The maximum absolute atomic E-state index is 12.6. The average Bonchev–Trinajstić information content (AvgIpc) is 3.01. The molecule has 0 unspecified atom stereocenters. The highest BCUT2D eigenvalue weighted by molar-refractivity contribution is 6.30. The van der Waals surface area contributed by atoms with Crippen LogP contribution in [0.15, 0.2) is 60.7 Å². The van der Waals surface area contributed by atoms with Gasteiger partial charge in [0.15, 0.2) is 0 Å². The number of methoxy groups -OCH3 is 1. The summed E-state index contributed by atoms with van der Waals surface area (Å²) < 4.78 is 5.81. The van der Waals surface area contributed by atoms with Gasteiger partial charge in [-0.2, -0.15) is 0 Å². The molecule has 1 saturated heterocycles. The number of rotatable bonds is 10. The number of amides is 2. The summed E-state index contributed by atoms with van der Waals surface area (Å²) in [5.74, 6) is 1.35. The molecule has 1 heterocycles. The van der Waals surface area contributed by atoms with Crippen molar-refractivity contribution in [2.45, 2.75) is 57.3 Å². The van der Waals surface area contributed by atoms with Crippen LogP contribution in [0.2, 0.25) is 5.02 Å². The van der Waals surface area contributed by atoms with E-state index in [1.54, 1.807) is 61.2 Å². The Labute approximate surface area is 248 Å². The largest absolute Gasteiger partial charge is 0.496 e. The Morgan fingerprint density at radius 2 is 1.56 bits per heavy atom. The van der Waals surface area contributed by atoms with Crippen LogP contribution in [0.25, 0.3) is 0 Å². The van der Waals surface area contributed by atoms with Gasteiger partial charge < -0.3 is 20.3 Å². The first-order valence-corrected chi connectivity index (χ1v) is 15.3. The molecular weight excluding hydrogens is 534 g/mol. The average molecular weight is 574 g/mol. The molecular formula is C34H40ClN3O3. The van der Waals surface area contributed by atoms with E-state index in [0.29, 0.717) is 34.3 Å². The maximum atomic E-state index is 12.6. The number of ether oxygens (including phenoxy) is 1. The van der Waals surface area contributed by atoms with Crippen LogP contribution in [0.3, 0.4) is 0 Å². The molecule has 2 aliphatic rings. The Hall–Kier alpha value is -3.35. The Bertz CT molecular complexity index is 1330. The molecule has 0 spiro atoms. The third kappa shape index (κ3) is 7.49. The third-order valence-electron chi connectivity index (χ3n) is 8.45. The number of unbranched alkanes of at least 4 members (excludes halogenated alkanes) is 1. The van der Waals surface area contributed by atoms with Gasteiger partial charge in [-0.1, -0.05) is 17.7 Å². The second kappa shape index (κ2) is 14.0. The van der Waals surface area contributed by atoms with E-state index in [-0.39, 0.29) is 11.8 Å². The number of carbonyl (C=O) groups excluding carboxylic acids is 2. The highest BCUT2D eigenvalue weighted by Gasteiger charge is 2.27. The van der Waals surface area contributed by atoms with Gasteiger partial charge in [-0.25, -0.2) is 0 Å². The van der Waals surface area contributed by atoms with Crippen molar-refractivity contribution in [3.8, 4) is 5.75 Å². The fraction of sp³-hybridized carbons (Fsp3) is 0.412. The van der Waals surface area contributed by atoms with E-state index in [1.165, 1.54) is 49.7 Å². The zero-order chi connectivity index (χ0) is 28.6. The molecule has 6 nitrogen and oxygen atoms in total. The lowest BCUT2D eigenvalue weighted by Gasteiger charge is -2.34. The van der Waals surface area contributed by atoms with Gasteiger partial charge in [0.1, 0.15) is 5.75 Å². The van der Waals surface area contributed by atoms with Crippen molar-refractivity contribution < 1.29 is 14.3 Å². The van der Waals surface area contributed by atoms with Crippen molar-refractivity contribution in [1.82, 2.24) is 10.2 Å². The molecule has 1 aliphatic heterocycles. The zero-order valence-electron chi connectivity index (χ0n) is 23.9. The zero-order valence-corrected chi connectivity index (χ0v) is 24.6. The number of carbonyl (C=O) groups is 2. The summed E-state index contributed by atoms with van der Waals surface area (Å²) in [7, 11) is 1.81. The summed E-state index contributed by atoms with van der Waals surface area (Å²) in [6.45, 7) is 3.95. The van der Waals surface area contributed by atoms with Crippen molar-refractivity contribution in [2.24, 2.45) is 0 Å². The molecule has 0 aromatic heterocycles. The number of hydrogen-bond donors (Lipinski definition) is 2. The Balaban J connectivity index is 1.01. The Morgan fingerprint density at radius 1 is 0.878 bits per heavy atom. The third-order valence-corrected chi connectivity index (χ3v) is 8.70. The van der Waals surface area contributed by atoms with Crippen molar-refractivity contribution in [1.29, 1.82) is 0 Å². The quantitative estimate of drug-likeness (QED) is 0.260. The van der Waals surface area contributed by atoms with Crippen LogP contribution >= 0.6 is 11.6 Å². The predicted octanol–water partition coefficient (Wildman–Crippen LogP) is 6.87. The summed E-state index contributed by atoms with van der Waals surface area (Å²) in [5, 5.41) is 6.45. The van der Waals surface area contributed by atoms with Gasteiger partial charge in [0.05, 0.1) is 7.11 Å². The van der Waals surface area contributed by atoms with Gasteiger partial charge in [-0.3, -0.25) is 9.59 Å². The second-order valence-electron chi connectivity index (χ2n) is 11.1. The number of likely N-dealkylation sites (tertiary alicyclic amines) is 1. The maximum Gasteiger partial charge on any atom is 0.255 e. The van der Waals surface area contributed by atoms with Crippen LogP contribution in [0.1, 0.15) is 81.8 Å². The van der Waals surface area contributed by atoms with E-state index in [4.69, 9.17) is 16.3 Å². The molecule has 3 aromatic carbocycles. The van der Waals surface area contributed by atoms with E-state index >= 15 is 0 Å². The molecule has 3 aromatic rings. The molecule has 0 atom stereocenters. The molecule has 0 radical (unpaired) electrons. The number of benzene rings is 3. The highest BCUT2D eigenvalue weighted by atomic mass is 35.5. The van der Waals surface area contributed by atoms with Crippen molar-refractivity contribution in [3.63, 3.8) is 0 Å². The van der Waals surface area contributed by atoms with E-state index in [0.717, 1.165) is 38.2 Å². The minimum Gasteiger partial charge on any atom is -0.496 e. The van der Waals surface area contributed by atoms with Crippen LogP contribution in [0.4, 0.5) is 5.69 Å². The van der Waals surface area contributed by atoms with Crippen molar-refractivity contribution >= 4 is 29.1 Å². The number of fused-ring (bicyclic) bond motifs is 1. The molecule has 216 valence electrons. The summed E-state index contributed by atoms with van der Waals surface area (Å²) in [4.78, 5) is 27.5. The summed E-state index contributed by atoms with van der Waals surface area (Å²) in [6.07, 6.45) is 9.35. The monoisotopic (exact) mass is 573 g/mol. The first-order chi connectivity index (χ1) is 20.0. The van der Waals surface area contributed by atoms with Gasteiger partial charge in [0.25, 0.3) is 11.8 Å².